The zero-order chi connectivity index (χ0) is 16.6. The van der Waals surface area contributed by atoms with Crippen LogP contribution in [-0.4, -0.2) is 32.7 Å². The summed E-state index contributed by atoms with van der Waals surface area (Å²) in [5, 5.41) is 9.03. The minimum absolute atomic E-state index is 0.00699. The number of sulfonamides is 1. The molecular formula is C14H13NO6S2. The predicted molar refractivity (Wildman–Crippen MR) is 84.3 cm³/mol. The lowest BCUT2D eigenvalue weighted by Crippen LogP contribution is -2.16. The molecular weight excluding hydrogens is 342 g/mol. The Kier molecular flexibility index (Phi) is 3.90. The fraction of sp³-hybridized carbons (Fsp3) is 0.214. The maximum Gasteiger partial charge on any atom is 0.346 e. The van der Waals surface area contributed by atoms with Gasteiger partial charge in [-0.2, -0.15) is 0 Å². The Morgan fingerprint density at radius 3 is 2.57 bits per heavy atom. The molecule has 0 amide bonds. The van der Waals surface area contributed by atoms with Gasteiger partial charge in [-0.1, -0.05) is 0 Å². The first-order valence-electron chi connectivity index (χ1n) is 6.63. The Morgan fingerprint density at radius 2 is 1.91 bits per heavy atom. The Balaban J connectivity index is 1.89. The standard InChI is InChI=1S/C14H13NO6S2/c1-8-6-12(22-13(8)14(16)17)23(18,19)15-9-2-3-10-11(7-9)21-5-4-20-10/h2-3,6-7,15H,4-5H2,1H3,(H,16,17). The van der Waals surface area contributed by atoms with Crippen molar-refractivity contribution in [3.05, 3.63) is 34.7 Å². The Labute approximate surface area is 136 Å². The summed E-state index contributed by atoms with van der Waals surface area (Å²) in [5.41, 5.74) is 0.724. The van der Waals surface area contributed by atoms with E-state index in [0.29, 0.717) is 47.3 Å². The number of fused-ring (bicyclic) bond motifs is 1. The highest BCUT2D eigenvalue weighted by Gasteiger charge is 2.22. The van der Waals surface area contributed by atoms with Crippen molar-refractivity contribution in [2.75, 3.05) is 17.9 Å². The largest absolute Gasteiger partial charge is 0.486 e. The van der Waals surface area contributed by atoms with Gasteiger partial charge in [-0.3, -0.25) is 4.72 Å². The van der Waals surface area contributed by atoms with E-state index in [-0.39, 0.29) is 9.09 Å². The van der Waals surface area contributed by atoms with Gasteiger partial charge in [-0.25, -0.2) is 13.2 Å². The normalized spacial score (nSPS) is 13.6. The van der Waals surface area contributed by atoms with E-state index in [1.165, 1.54) is 12.1 Å². The van der Waals surface area contributed by atoms with Gasteiger partial charge in [-0.05, 0) is 30.7 Å². The van der Waals surface area contributed by atoms with E-state index in [9.17, 15) is 13.2 Å². The Bertz CT molecular complexity index is 871. The van der Waals surface area contributed by atoms with Gasteiger partial charge in [0.15, 0.2) is 11.5 Å². The number of carboxylic acids is 1. The van der Waals surface area contributed by atoms with Crippen LogP contribution in [0.1, 0.15) is 15.2 Å². The summed E-state index contributed by atoms with van der Waals surface area (Å²) in [6, 6.07) is 6.05. The smallest absolute Gasteiger partial charge is 0.346 e. The SMILES string of the molecule is Cc1cc(S(=O)(=O)Nc2ccc3c(c2)OCCO3)sc1C(=O)O. The van der Waals surface area contributed by atoms with Crippen molar-refractivity contribution >= 4 is 33.0 Å². The molecule has 0 fully saturated rings. The maximum atomic E-state index is 12.4. The number of rotatable bonds is 4. The lowest BCUT2D eigenvalue weighted by molar-refractivity contribution is 0.0701. The van der Waals surface area contributed by atoms with Crippen LogP contribution in [-0.2, 0) is 10.0 Å². The molecule has 0 bridgehead atoms. The van der Waals surface area contributed by atoms with Gasteiger partial charge in [0.1, 0.15) is 22.3 Å². The molecule has 23 heavy (non-hydrogen) atoms. The summed E-state index contributed by atoms with van der Waals surface area (Å²) in [4.78, 5) is 11.1. The number of hydrogen-bond donors (Lipinski definition) is 2. The lowest BCUT2D eigenvalue weighted by atomic mass is 10.3. The van der Waals surface area contributed by atoms with Crippen molar-refractivity contribution in [3.8, 4) is 11.5 Å². The number of aromatic carboxylic acids is 1. The molecule has 1 aliphatic rings. The number of carboxylic acid groups (broad SMARTS) is 1. The van der Waals surface area contributed by atoms with Crippen LogP contribution >= 0.6 is 11.3 Å². The number of ether oxygens (including phenoxy) is 2. The molecule has 7 nitrogen and oxygen atoms in total. The van der Waals surface area contributed by atoms with Crippen LogP contribution in [0.3, 0.4) is 0 Å². The zero-order valence-electron chi connectivity index (χ0n) is 12.0. The molecule has 2 aromatic rings. The molecule has 122 valence electrons. The summed E-state index contributed by atoms with van der Waals surface area (Å²) in [6.45, 7) is 2.41. The van der Waals surface area contributed by atoms with Crippen LogP contribution in [0.15, 0.2) is 28.5 Å². The van der Waals surface area contributed by atoms with E-state index in [0.717, 1.165) is 0 Å². The van der Waals surface area contributed by atoms with E-state index in [2.05, 4.69) is 4.72 Å². The van der Waals surface area contributed by atoms with E-state index >= 15 is 0 Å². The molecule has 0 saturated carbocycles. The van der Waals surface area contributed by atoms with Crippen molar-refractivity contribution in [1.82, 2.24) is 0 Å². The second-order valence-corrected chi connectivity index (χ2v) is 7.81. The van der Waals surface area contributed by atoms with Gasteiger partial charge < -0.3 is 14.6 Å². The molecule has 2 heterocycles. The number of benzene rings is 1. The van der Waals surface area contributed by atoms with Gasteiger partial charge in [-0.15, -0.1) is 11.3 Å². The molecule has 9 heteroatoms. The number of hydrogen-bond acceptors (Lipinski definition) is 6. The molecule has 1 aromatic heterocycles. The third kappa shape index (κ3) is 3.10. The highest BCUT2D eigenvalue weighted by molar-refractivity contribution is 7.94. The monoisotopic (exact) mass is 355 g/mol. The lowest BCUT2D eigenvalue weighted by Gasteiger charge is -2.19. The molecule has 0 spiro atoms. The van der Waals surface area contributed by atoms with Gasteiger partial charge in [0.05, 0.1) is 5.69 Å². The van der Waals surface area contributed by atoms with Crippen molar-refractivity contribution in [3.63, 3.8) is 0 Å². The zero-order valence-corrected chi connectivity index (χ0v) is 13.7. The first-order valence-corrected chi connectivity index (χ1v) is 8.93. The summed E-state index contributed by atoms with van der Waals surface area (Å²) >= 11 is 0.717. The number of nitrogens with one attached hydrogen (secondary N) is 1. The first-order chi connectivity index (χ1) is 10.9. The van der Waals surface area contributed by atoms with E-state index < -0.39 is 16.0 Å². The number of anilines is 1. The molecule has 0 saturated heterocycles. The van der Waals surface area contributed by atoms with Crippen molar-refractivity contribution < 1.29 is 27.8 Å². The minimum atomic E-state index is -3.87. The van der Waals surface area contributed by atoms with Crippen molar-refractivity contribution in [2.24, 2.45) is 0 Å². The molecule has 0 radical (unpaired) electrons. The maximum absolute atomic E-state index is 12.4. The molecule has 0 unspecified atom stereocenters. The van der Waals surface area contributed by atoms with Gasteiger partial charge >= 0.3 is 5.97 Å². The van der Waals surface area contributed by atoms with Gasteiger partial charge in [0, 0.05) is 6.07 Å². The van der Waals surface area contributed by atoms with Gasteiger partial charge in [0.2, 0.25) is 0 Å². The Hall–Kier alpha value is -2.26. The van der Waals surface area contributed by atoms with Crippen LogP contribution < -0.4 is 14.2 Å². The highest BCUT2D eigenvalue weighted by Crippen LogP contribution is 2.34. The van der Waals surface area contributed by atoms with Crippen molar-refractivity contribution in [2.45, 2.75) is 11.1 Å². The number of carbonyl (C=O) groups is 1. The first kappa shape index (κ1) is 15.6. The summed E-state index contributed by atoms with van der Waals surface area (Å²) in [7, 11) is -3.87. The minimum Gasteiger partial charge on any atom is -0.486 e. The Morgan fingerprint density at radius 1 is 1.22 bits per heavy atom. The molecule has 0 atom stereocenters. The van der Waals surface area contributed by atoms with Crippen LogP contribution in [0, 0.1) is 6.92 Å². The average Bonchev–Trinajstić information content (AvgIpc) is 2.90. The highest BCUT2D eigenvalue weighted by atomic mass is 32.2. The van der Waals surface area contributed by atoms with Crippen LogP contribution in [0.4, 0.5) is 5.69 Å². The summed E-state index contributed by atoms with van der Waals surface area (Å²) in [5.74, 6) is -0.127. The quantitative estimate of drug-likeness (QED) is 0.873. The molecule has 0 aliphatic carbocycles. The fourth-order valence-electron chi connectivity index (χ4n) is 2.11. The fourth-order valence-corrected chi connectivity index (χ4v) is 4.54. The number of aryl methyl sites for hydroxylation is 1. The molecule has 1 aliphatic heterocycles. The van der Waals surface area contributed by atoms with Crippen molar-refractivity contribution in [1.29, 1.82) is 0 Å². The van der Waals surface area contributed by atoms with Gasteiger partial charge in [0.25, 0.3) is 10.0 Å². The third-order valence-corrected chi connectivity index (χ3v) is 6.23. The van der Waals surface area contributed by atoms with Crippen LogP contribution in [0.25, 0.3) is 0 Å². The predicted octanol–water partition coefficient (Wildman–Crippen LogP) is 2.33. The molecule has 3 rings (SSSR count). The average molecular weight is 355 g/mol. The number of thiophene rings is 1. The summed E-state index contributed by atoms with van der Waals surface area (Å²) < 4.78 is 37.9. The second kappa shape index (κ2) is 5.74. The van der Waals surface area contributed by atoms with E-state index in [1.807, 2.05) is 0 Å². The summed E-state index contributed by atoms with van der Waals surface area (Å²) in [6.07, 6.45) is 0. The molecule has 2 N–H and O–H groups in total. The topological polar surface area (TPSA) is 102 Å². The van der Waals surface area contributed by atoms with Crippen LogP contribution in [0.2, 0.25) is 0 Å². The van der Waals surface area contributed by atoms with E-state index in [1.54, 1.807) is 19.1 Å². The second-order valence-electron chi connectivity index (χ2n) is 4.85. The molecule has 1 aromatic carbocycles. The van der Waals surface area contributed by atoms with Crippen LogP contribution in [0.5, 0.6) is 11.5 Å². The van der Waals surface area contributed by atoms with E-state index in [4.69, 9.17) is 14.6 Å². The third-order valence-electron chi connectivity index (χ3n) is 3.15.